The van der Waals surface area contributed by atoms with Gasteiger partial charge in [-0.1, -0.05) is 36.5 Å². The normalized spacial score (nSPS) is 10.4. The Bertz CT molecular complexity index is 372. The molecular weight excluding hydrogens is 231 g/mol. The van der Waals surface area contributed by atoms with E-state index in [1.54, 1.807) is 19.1 Å². The number of rotatable bonds is 4. The molecule has 0 aliphatic heterocycles. The molecular formula is C12H14Cl2O. The van der Waals surface area contributed by atoms with E-state index in [4.69, 9.17) is 23.2 Å². The average molecular weight is 245 g/mol. The third-order valence-electron chi connectivity index (χ3n) is 2.36. The van der Waals surface area contributed by atoms with Crippen molar-refractivity contribution in [1.82, 2.24) is 0 Å². The van der Waals surface area contributed by atoms with Crippen LogP contribution in [0.5, 0.6) is 0 Å². The predicted octanol–water partition coefficient (Wildman–Crippen LogP) is 4.54. The Labute approximate surface area is 100 Å². The van der Waals surface area contributed by atoms with Crippen molar-refractivity contribution in [3.8, 4) is 0 Å². The summed E-state index contributed by atoms with van der Waals surface area (Å²) in [5.74, 6) is 0.0414. The number of carbonyl (C=O) groups is 1. The van der Waals surface area contributed by atoms with Gasteiger partial charge in [-0.2, -0.15) is 0 Å². The summed E-state index contributed by atoms with van der Waals surface area (Å²) in [6, 6.07) is 3.43. The van der Waals surface area contributed by atoms with Crippen LogP contribution in [0.3, 0.4) is 0 Å². The molecule has 0 amide bonds. The lowest BCUT2D eigenvalue weighted by atomic mass is 9.99. The monoisotopic (exact) mass is 244 g/mol. The quantitative estimate of drug-likeness (QED) is 0.712. The second-order valence-electron chi connectivity index (χ2n) is 3.55. The van der Waals surface area contributed by atoms with Crippen LogP contribution in [0.1, 0.15) is 42.6 Å². The molecule has 3 heteroatoms. The first-order chi connectivity index (χ1) is 7.07. The summed E-state index contributed by atoms with van der Waals surface area (Å²) < 4.78 is 0. The fourth-order valence-electron chi connectivity index (χ4n) is 1.52. The van der Waals surface area contributed by atoms with Crippen LogP contribution in [0.15, 0.2) is 12.1 Å². The van der Waals surface area contributed by atoms with Crippen LogP contribution in [0.4, 0.5) is 0 Å². The van der Waals surface area contributed by atoms with Crippen LogP contribution in [-0.4, -0.2) is 5.78 Å². The van der Waals surface area contributed by atoms with E-state index < -0.39 is 0 Å². The lowest BCUT2D eigenvalue weighted by Crippen LogP contribution is -2.01. The van der Waals surface area contributed by atoms with Crippen molar-refractivity contribution >= 4 is 29.0 Å². The first-order valence-electron chi connectivity index (χ1n) is 5.05. The van der Waals surface area contributed by atoms with Crippen molar-refractivity contribution in [3.05, 3.63) is 33.3 Å². The lowest BCUT2D eigenvalue weighted by molar-refractivity contribution is 0.101. The van der Waals surface area contributed by atoms with E-state index in [-0.39, 0.29) is 5.78 Å². The number of unbranched alkanes of at least 4 members (excludes halogenated alkanes) is 1. The maximum atomic E-state index is 11.4. The number of Topliss-reactive ketones (excluding diaryl/α,β-unsaturated/α-hetero) is 1. The van der Waals surface area contributed by atoms with Crippen LogP contribution >= 0.6 is 23.2 Å². The molecule has 0 spiro atoms. The molecule has 0 saturated carbocycles. The Morgan fingerprint density at radius 2 is 2.00 bits per heavy atom. The SMILES string of the molecule is CCCCc1c(C(C)=O)ccc(Cl)c1Cl. The van der Waals surface area contributed by atoms with Crippen molar-refractivity contribution in [2.45, 2.75) is 33.1 Å². The molecule has 0 aliphatic rings. The predicted molar refractivity (Wildman–Crippen MR) is 65.1 cm³/mol. The molecule has 1 aromatic carbocycles. The van der Waals surface area contributed by atoms with Gasteiger partial charge in [-0.05, 0) is 37.5 Å². The maximum absolute atomic E-state index is 11.4. The van der Waals surface area contributed by atoms with E-state index in [0.717, 1.165) is 24.8 Å². The minimum atomic E-state index is 0.0414. The summed E-state index contributed by atoms with van der Waals surface area (Å²) >= 11 is 12.0. The largest absolute Gasteiger partial charge is 0.295 e. The summed E-state index contributed by atoms with van der Waals surface area (Å²) in [6.07, 6.45) is 2.89. The van der Waals surface area contributed by atoms with Crippen molar-refractivity contribution in [2.75, 3.05) is 0 Å². The standard InChI is InChI=1S/C12H14Cl2O/c1-3-4-5-10-9(8(2)15)6-7-11(13)12(10)14/h6-7H,3-5H2,1-2H3. The van der Waals surface area contributed by atoms with E-state index in [9.17, 15) is 4.79 Å². The van der Waals surface area contributed by atoms with Gasteiger partial charge in [0.05, 0.1) is 10.0 Å². The molecule has 0 fully saturated rings. The molecule has 1 aromatic rings. The number of benzene rings is 1. The Kier molecular flexibility index (Phi) is 4.62. The smallest absolute Gasteiger partial charge is 0.160 e. The van der Waals surface area contributed by atoms with Gasteiger partial charge >= 0.3 is 0 Å². The lowest BCUT2D eigenvalue weighted by Gasteiger charge is -2.10. The minimum absolute atomic E-state index is 0.0414. The second kappa shape index (κ2) is 5.53. The zero-order valence-electron chi connectivity index (χ0n) is 8.94. The zero-order chi connectivity index (χ0) is 11.4. The van der Waals surface area contributed by atoms with Gasteiger partial charge in [0.1, 0.15) is 0 Å². The molecule has 0 unspecified atom stereocenters. The highest BCUT2D eigenvalue weighted by Crippen LogP contribution is 2.30. The van der Waals surface area contributed by atoms with Crippen molar-refractivity contribution in [2.24, 2.45) is 0 Å². The topological polar surface area (TPSA) is 17.1 Å². The van der Waals surface area contributed by atoms with E-state index in [0.29, 0.717) is 15.6 Å². The molecule has 1 rings (SSSR count). The third-order valence-corrected chi connectivity index (χ3v) is 3.20. The molecule has 0 N–H and O–H groups in total. The van der Waals surface area contributed by atoms with Gasteiger partial charge in [0.15, 0.2) is 5.78 Å². The van der Waals surface area contributed by atoms with E-state index in [2.05, 4.69) is 6.92 Å². The van der Waals surface area contributed by atoms with Crippen molar-refractivity contribution in [1.29, 1.82) is 0 Å². The van der Waals surface area contributed by atoms with Crippen LogP contribution in [0.25, 0.3) is 0 Å². The molecule has 0 aliphatic carbocycles. The van der Waals surface area contributed by atoms with Crippen LogP contribution in [0.2, 0.25) is 10.0 Å². The second-order valence-corrected chi connectivity index (χ2v) is 4.33. The van der Waals surface area contributed by atoms with E-state index in [1.165, 1.54) is 0 Å². The maximum Gasteiger partial charge on any atom is 0.160 e. The first-order valence-corrected chi connectivity index (χ1v) is 5.81. The zero-order valence-corrected chi connectivity index (χ0v) is 10.5. The van der Waals surface area contributed by atoms with Gasteiger partial charge in [-0.15, -0.1) is 0 Å². The van der Waals surface area contributed by atoms with Crippen molar-refractivity contribution in [3.63, 3.8) is 0 Å². The van der Waals surface area contributed by atoms with Gasteiger partial charge in [0.2, 0.25) is 0 Å². The summed E-state index contributed by atoms with van der Waals surface area (Å²) in [5.41, 5.74) is 1.58. The molecule has 0 saturated heterocycles. The fraction of sp³-hybridized carbons (Fsp3) is 0.417. The molecule has 1 nitrogen and oxygen atoms in total. The molecule has 0 heterocycles. The molecule has 0 atom stereocenters. The van der Waals surface area contributed by atoms with Gasteiger partial charge in [-0.3, -0.25) is 4.79 Å². The van der Waals surface area contributed by atoms with E-state index in [1.807, 2.05) is 0 Å². The van der Waals surface area contributed by atoms with Crippen LogP contribution < -0.4 is 0 Å². The fourth-order valence-corrected chi connectivity index (χ4v) is 1.96. The van der Waals surface area contributed by atoms with Crippen LogP contribution in [0, 0.1) is 0 Å². The Morgan fingerprint density at radius 3 is 2.53 bits per heavy atom. The third kappa shape index (κ3) is 2.96. The Morgan fingerprint density at radius 1 is 1.33 bits per heavy atom. The van der Waals surface area contributed by atoms with E-state index >= 15 is 0 Å². The summed E-state index contributed by atoms with van der Waals surface area (Å²) in [6.45, 7) is 3.65. The summed E-state index contributed by atoms with van der Waals surface area (Å²) in [7, 11) is 0. The number of hydrogen-bond donors (Lipinski definition) is 0. The number of carbonyl (C=O) groups excluding carboxylic acids is 1. The highest BCUT2D eigenvalue weighted by Gasteiger charge is 2.12. The Hall–Kier alpha value is -0.530. The number of halogens is 2. The molecule has 0 aromatic heterocycles. The highest BCUT2D eigenvalue weighted by atomic mass is 35.5. The minimum Gasteiger partial charge on any atom is -0.295 e. The van der Waals surface area contributed by atoms with Gasteiger partial charge in [-0.25, -0.2) is 0 Å². The average Bonchev–Trinajstić information content (AvgIpc) is 2.19. The molecule has 0 radical (unpaired) electrons. The number of ketones is 1. The van der Waals surface area contributed by atoms with Crippen molar-refractivity contribution < 1.29 is 4.79 Å². The molecule has 82 valence electrons. The first kappa shape index (κ1) is 12.5. The summed E-state index contributed by atoms with van der Waals surface area (Å²) in [4.78, 5) is 11.4. The molecule has 15 heavy (non-hydrogen) atoms. The highest BCUT2D eigenvalue weighted by molar-refractivity contribution is 6.42. The van der Waals surface area contributed by atoms with Gasteiger partial charge < -0.3 is 0 Å². The van der Waals surface area contributed by atoms with Crippen LogP contribution in [-0.2, 0) is 6.42 Å². The Balaban J connectivity index is 3.16. The summed E-state index contributed by atoms with van der Waals surface area (Å²) in [5, 5.41) is 1.05. The molecule has 0 bridgehead atoms. The number of hydrogen-bond acceptors (Lipinski definition) is 1. The van der Waals surface area contributed by atoms with Gasteiger partial charge in [0.25, 0.3) is 0 Å². The van der Waals surface area contributed by atoms with Gasteiger partial charge in [0, 0.05) is 5.56 Å².